The zero-order valence-electron chi connectivity index (χ0n) is 24.3. The molecule has 234 valence electrons. The van der Waals surface area contributed by atoms with Crippen molar-refractivity contribution in [3.8, 4) is 11.1 Å². The maximum absolute atomic E-state index is 14.0. The molecule has 1 atom stereocenters. The van der Waals surface area contributed by atoms with Crippen LogP contribution >= 0.6 is 0 Å². The number of carbonyl (C=O) groups is 2. The van der Waals surface area contributed by atoms with Crippen LogP contribution in [0.25, 0.3) is 11.1 Å². The number of benzene rings is 2. The minimum absolute atomic E-state index is 0.00703. The number of carboxylic acids is 1. The third-order valence-electron chi connectivity index (χ3n) is 7.86. The van der Waals surface area contributed by atoms with Crippen molar-refractivity contribution >= 4 is 23.3 Å². The van der Waals surface area contributed by atoms with Crippen molar-refractivity contribution in [1.29, 1.82) is 0 Å². The Morgan fingerprint density at radius 1 is 0.909 bits per heavy atom. The van der Waals surface area contributed by atoms with E-state index in [4.69, 9.17) is 0 Å². The monoisotopic (exact) mass is 623 g/mol. The van der Waals surface area contributed by atoms with Crippen LogP contribution in [0.1, 0.15) is 61.6 Å². The van der Waals surface area contributed by atoms with Gasteiger partial charge in [-0.2, -0.15) is 26.3 Å². The molecule has 4 rings (SSSR count). The highest BCUT2D eigenvalue weighted by Crippen LogP contribution is 2.41. The van der Waals surface area contributed by atoms with E-state index in [1.54, 1.807) is 13.0 Å². The van der Waals surface area contributed by atoms with Crippen molar-refractivity contribution in [2.24, 2.45) is 4.99 Å². The number of rotatable bonds is 6. The molecule has 0 bridgehead atoms. The molecule has 2 aromatic carbocycles. The fraction of sp³-hybridized carbons (Fsp3) is 0.355. The first-order valence-electron chi connectivity index (χ1n) is 13.3. The lowest BCUT2D eigenvalue weighted by molar-refractivity contribution is -0.144. The smallest absolute Gasteiger partial charge is 0.416 e. The molecule has 1 aliphatic rings. The van der Waals surface area contributed by atoms with E-state index in [0.29, 0.717) is 40.2 Å². The van der Waals surface area contributed by atoms with Gasteiger partial charge in [-0.05, 0) is 93.6 Å². The highest BCUT2D eigenvalue weighted by atomic mass is 19.4. The van der Waals surface area contributed by atoms with Crippen LogP contribution in [-0.4, -0.2) is 40.3 Å². The molecule has 1 aliphatic heterocycles. The average molecular weight is 624 g/mol. The Labute approximate surface area is 248 Å². The fourth-order valence-electron chi connectivity index (χ4n) is 5.10. The number of alkyl halides is 6. The lowest BCUT2D eigenvalue weighted by Crippen LogP contribution is -2.42. The second-order valence-electron chi connectivity index (χ2n) is 11.5. The number of amides is 1. The fourth-order valence-corrected chi connectivity index (χ4v) is 5.10. The Morgan fingerprint density at radius 3 is 1.98 bits per heavy atom. The molecule has 0 unspecified atom stereocenters. The zero-order valence-corrected chi connectivity index (χ0v) is 24.3. The quantitative estimate of drug-likeness (QED) is 0.287. The number of carboxylic acid groups (broad SMARTS) is 1. The van der Waals surface area contributed by atoms with Gasteiger partial charge in [-0.15, -0.1) is 0 Å². The van der Waals surface area contributed by atoms with Crippen LogP contribution in [0.3, 0.4) is 0 Å². The van der Waals surface area contributed by atoms with Crippen LogP contribution in [0.4, 0.5) is 36.4 Å². The molecule has 3 aromatic rings. The first-order chi connectivity index (χ1) is 20.1. The molecule has 0 fully saturated rings. The van der Waals surface area contributed by atoms with Gasteiger partial charge in [0, 0.05) is 12.6 Å². The number of anilines is 1. The Bertz CT molecular complexity index is 1650. The topological polar surface area (TPSA) is 82.9 Å². The molecule has 13 heteroatoms. The summed E-state index contributed by atoms with van der Waals surface area (Å²) in [6, 6.07) is 6.47. The maximum atomic E-state index is 14.0. The van der Waals surface area contributed by atoms with Gasteiger partial charge in [0.15, 0.2) is 5.54 Å². The van der Waals surface area contributed by atoms with E-state index in [1.807, 2.05) is 0 Å². The van der Waals surface area contributed by atoms with Gasteiger partial charge in [0.1, 0.15) is 5.82 Å². The van der Waals surface area contributed by atoms with Gasteiger partial charge in [-0.3, -0.25) is 14.8 Å². The second kappa shape index (κ2) is 11.0. The van der Waals surface area contributed by atoms with Gasteiger partial charge in [0.05, 0.1) is 39.8 Å². The molecule has 0 radical (unpaired) electrons. The first-order valence-corrected chi connectivity index (χ1v) is 13.3. The van der Waals surface area contributed by atoms with E-state index < -0.39 is 57.7 Å². The van der Waals surface area contributed by atoms with E-state index >= 15 is 0 Å². The number of nitrogens with zero attached hydrogens (tertiary/aromatic N) is 3. The normalized spacial score (nSPS) is 17.4. The molecular formula is C31H28F7N3O3. The number of likely N-dealkylation sites (N-methyl/N-ethyl adjacent to an activating group) is 1. The SMILES string of the molecule is Cc1cc(F)ccc1-c1cc(C2=N[C@](C)(C(=O)O)CC2)ncc1N(C)C(=O)C(C)(C)c1cc(C(F)(F)F)cc(C(F)(F)F)c1. The molecule has 44 heavy (non-hydrogen) atoms. The number of halogens is 7. The van der Waals surface area contributed by atoms with Crippen molar-refractivity contribution in [2.45, 2.75) is 63.8 Å². The van der Waals surface area contributed by atoms with E-state index in [2.05, 4.69) is 9.98 Å². The summed E-state index contributed by atoms with van der Waals surface area (Å²) in [6.45, 7) is 5.51. The molecule has 2 heterocycles. The Hall–Kier alpha value is -4.29. The van der Waals surface area contributed by atoms with Crippen molar-refractivity contribution in [2.75, 3.05) is 11.9 Å². The van der Waals surface area contributed by atoms with Crippen LogP contribution in [0, 0.1) is 12.7 Å². The van der Waals surface area contributed by atoms with Gasteiger partial charge in [0.25, 0.3) is 0 Å². The minimum atomic E-state index is -5.10. The number of hydrogen-bond acceptors (Lipinski definition) is 4. The maximum Gasteiger partial charge on any atom is 0.416 e. The average Bonchev–Trinajstić information content (AvgIpc) is 3.34. The zero-order chi connectivity index (χ0) is 33.0. The third-order valence-corrected chi connectivity index (χ3v) is 7.86. The van der Waals surface area contributed by atoms with Crippen LogP contribution in [-0.2, 0) is 27.4 Å². The summed E-state index contributed by atoms with van der Waals surface area (Å²) in [5.74, 6) is -2.50. The molecule has 0 saturated heterocycles. The van der Waals surface area contributed by atoms with Gasteiger partial charge in [-0.1, -0.05) is 6.07 Å². The van der Waals surface area contributed by atoms with Crippen LogP contribution in [0.2, 0.25) is 0 Å². The number of aliphatic imine (C=N–C) groups is 1. The number of pyridine rings is 1. The van der Waals surface area contributed by atoms with Gasteiger partial charge in [0.2, 0.25) is 5.91 Å². The highest BCUT2D eigenvalue weighted by molar-refractivity contribution is 6.06. The van der Waals surface area contributed by atoms with Crippen LogP contribution in [0.5, 0.6) is 0 Å². The van der Waals surface area contributed by atoms with E-state index in [9.17, 15) is 45.4 Å². The number of aryl methyl sites for hydroxylation is 1. The second-order valence-corrected chi connectivity index (χ2v) is 11.5. The van der Waals surface area contributed by atoms with Gasteiger partial charge >= 0.3 is 18.3 Å². The number of carbonyl (C=O) groups excluding carboxylic acids is 1. The summed E-state index contributed by atoms with van der Waals surface area (Å²) in [5.41, 5.74) is -4.79. The van der Waals surface area contributed by atoms with Crippen molar-refractivity contribution < 1.29 is 45.4 Å². The van der Waals surface area contributed by atoms with E-state index in [0.717, 1.165) is 4.90 Å². The standard InChI is InChI=1S/C31H28F7N3O3/c1-16-10-20(32)6-7-21(16)22-14-24(23-8-9-29(4,40-23)27(43)44)39-15-25(22)41(5)26(42)28(2,3)17-11-18(30(33,34)35)13-19(12-17)31(36,37)38/h6-7,10-15H,8-9H2,1-5H3,(H,43,44)/t29-/m0/s1. The summed E-state index contributed by atoms with van der Waals surface area (Å²) in [7, 11) is 1.30. The largest absolute Gasteiger partial charge is 0.479 e. The van der Waals surface area contributed by atoms with Crippen molar-refractivity contribution in [1.82, 2.24) is 4.98 Å². The number of aliphatic carboxylic acids is 1. The summed E-state index contributed by atoms with van der Waals surface area (Å²) in [5, 5.41) is 9.57. The van der Waals surface area contributed by atoms with Crippen LogP contribution < -0.4 is 4.90 Å². The molecule has 6 nitrogen and oxygen atoms in total. The molecule has 0 aliphatic carbocycles. The molecule has 0 saturated carbocycles. The molecular weight excluding hydrogens is 595 g/mol. The first kappa shape index (κ1) is 32.6. The summed E-state index contributed by atoms with van der Waals surface area (Å²) in [4.78, 5) is 35.4. The predicted octanol–water partition coefficient (Wildman–Crippen LogP) is 7.60. The highest BCUT2D eigenvalue weighted by Gasteiger charge is 2.42. The van der Waals surface area contributed by atoms with Gasteiger partial charge < -0.3 is 10.0 Å². The molecule has 0 spiro atoms. The summed E-state index contributed by atoms with van der Waals surface area (Å²) >= 11 is 0. The molecule has 1 aromatic heterocycles. The lowest BCUT2D eigenvalue weighted by Gasteiger charge is -2.32. The number of hydrogen-bond donors (Lipinski definition) is 1. The Morgan fingerprint density at radius 2 is 1.48 bits per heavy atom. The lowest BCUT2D eigenvalue weighted by atomic mass is 9.81. The number of aromatic nitrogens is 1. The Balaban J connectivity index is 1.85. The predicted molar refractivity (Wildman–Crippen MR) is 149 cm³/mol. The van der Waals surface area contributed by atoms with Crippen molar-refractivity contribution in [3.05, 3.63) is 82.4 Å². The van der Waals surface area contributed by atoms with E-state index in [1.165, 1.54) is 52.2 Å². The van der Waals surface area contributed by atoms with E-state index in [-0.39, 0.29) is 24.6 Å². The minimum Gasteiger partial charge on any atom is -0.479 e. The molecule has 1 N–H and O–H groups in total. The van der Waals surface area contributed by atoms with Crippen LogP contribution in [0.15, 0.2) is 53.7 Å². The summed E-state index contributed by atoms with van der Waals surface area (Å²) < 4.78 is 95.4. The van der Waals surface area contributed by atoms with Gasteiger partial charge in [-0.25, -0.2) is 9.18 Å². The molecule has 1 amide bonds. The Kier molecular flexibility index (Phi) is 8.16. The third kappa shape index (κ3) is 6.18. The van der Waals surface area contributed by atoms with Crippen molar-refractivity contribution in [3.63, 3.8) is 0 Å². The summed E-state index contributed by atoms with van der Waals surface area (Å²) in [6.07, 6.45) is -8.42.